The number of nitrogens with one attached hydrogen (secondary N) is 2. The van der Waals surface area contributed by atoms with Crippen molar-refractivity contribution < 1.29 is 34.1 Å². The van der Waals surface area contributed by atoms with E-state index in [4.69, 9.17) is 4.74 Å². The van der Waals surface area contributed by atoms with Gasteiger partial charge in [0.15, 0.2) is 0 Å². The highest BCUT2D eigenvalue weighted by Crippen LogP contribution is 2.07. The summed E-state index contributed by atoms with van der Waals surface area (Å²) in [6, 6.07) is 6.17. The summed E-state index contributed by atoms with van der Waals surface area (Å²) in [6.45, 7) is 2.98. The molecule has 0 heterocycles. The van der Waals surface area contributed by atoms with Crippen molar-refractivity contribution in [3.05, 3.63) is 35.9 Å². The Morgan fingerprint density at radius 3 is 2.24 bits per heavy atom. The third kappa shape index (κ3) is 9.70. The molecule has 0 aliphatic carbocycles. The number of benzene rings is 1. The number of carboxylic acid groups (broad SMARTS) is 1. The number of hydrogen-bond donors (Lipinski definition) is 4. The second-order valence-corrected chi connectivity index (χ2v) is 7.02. The Hall–Kier alpha value is -2.94. The fourth-order valence-corrected chi connectivity index (χ4v) is 2.49. The second-order valence-electron chi connectivity index (χ2n) is 7.02. The molecular weight excluding hydrogens is 380 g/mol. The molecule has 29 heavy (non-hydrogen) atoms. The largest absolute Gasteiger partial charge is 0.480 e. The molecule has 160 valence electrons. The molecule has 0 aromatic heterocycles. The number of aliphatic carboxylic acids is 1. The topological polar surface area (TPSA) is 142 Å². The normalized spacial score (nSPS) is 12.7. The van der Waals surface area contributed by atoms with Gasteiger partial charge in [-0.3, -0.25) is 9.59 Å². The number of carbonyl (C=O) groups excluding carboxylic acids is 3. The van der Waals surface area contributed by atoms with Gasteiger partial charge in [-0.1, -0.05) is 44.2 Å². The van der Waals surface area contributed by atoms with E-state index in [9.17, 15) is 29.4 Å². The van der Waals surface area contributed by atoms with E-state index in [-0.39, 0.29) is 31.1 Å². The zero-order chi connectivity index (χ0) is 21.8. The number of alkyl carbamates (subject to hydrolysis) is 1. The standard InChI is InChI=1S/C20H28N2O7/c1-13(2)10-15(24)8-9-16(19(26)27)21-18(25)17(11-23)22-20(28)29-12-14-6-4-3-5-7-14/h3-7,13,16-17,23H,8-12H2,1-2H3,(H,21,25)(H,22,28)(H,26,27). The van der Waals surface area contributed by atoms with Gasteiger partial charge in [-0.2, -0.15) is 0 Å². The van der Waals surface area contributed by atoms with Gasteiger partial charge in [-0.15, -0.1) is 0 Å². The van der Waals surface area contributed by atoms with Crippen molar-refractivity contribution in [3.8, 4) is 0 Å². The van der Waals surface area contributed by atoms with Crippen molar-refractivity contribution in [3.63, 3.8) is 0 Å². The van der Waals surface area contributed by atoms with E-state index < -0.39 is 36.7 Å². The van der Waals surface area contributed by atoms with E-state index in [2.05, 4.69) is 10.6 Å². The molecule has 1 aromatic rings. The monoisotopic (exact) mass is 408 g/mol. The fraction of sp³-hybridized carbons (Fsp3) is 0.500. The van der Waals surface area contributed by atoms with Gasteiger partial charge in [0.1, 0.15) is 24.5 Å². The fourth-order valence-electron chi connectivity index (χ4n) is 2.49. The molecule has 0 saturated heterocycles. The van der Waals surface area contributed by atoms with Crippen molar-refractivity contribution in [2.24, 2.45) is 5.92 Å². The number of hydrogen-bond acceptors (Lipinski definition) is 6. The predicted molar refractivity (Wildman–Crippen MR) is 104 cm³/mol. The van der Waals surface area contributed by atoms with Crippen LogP contribution in [0.2, 0.25) is 0 Å². The minimum absolute atomic E-state index is 0.00572. The van der Waals surface area contributed by atoms with E-state index in [0.717, 1.165) is 5.56 Å². The first-order chi connectivity index (χ1) is 13.7. The molecule has 0 aliphatic rings. The molecule has 0 bridgehead atoms. The molecule has 2 atom stereocenters. The third-order valence-electron chi connectivity index (χ3n) is 3.97. The maximum atomic E-state index is 12.2. The SMILES string of the molecule is CC(C)CC(=O)CCC(NC(=O)C(CO)NC(=O)OCc1ccccc1)C(=O)O. The Bertz CT molecular complexity index is 691. The van der Waals surface area contributed by atoms with Gasteiger partial charge in [-0.05, 0) is 17.9 Å². The Balaban J connectivity index is 2.54. The van der Waals surface area contributed by atoms with Gasteiger partial charge in [-0.25, -0.2) is 9.59 Å². The summed E-state index contributed by atoms with van der Waals surface area (Å²) in [4.78, 5) is 47.2. The minimum atomic E-state index is -1.38. The van der Waals surface area contributed by atoms with Crippen LogP contribution < -0.4 is 10.6 Å². The van der Waals surface area contributed by atoms with Crippen molar-refractivity contribution in [2.45, 2.75) is 51.8 Å². The lowest BCUT2D eigenvalue weighted by Crippen LogP contribution is -2.53. The van der Waals surface area contributed by atoms with Crippen molar-refractivity contribution in [1.82, 2.24) is 10.6 Å². The lowest BCUT2D eigenvalue weighted by Gasteiger charge is -2.20. The summed E-state index contributed by atoms with van der Waals surface area (Å²) in [6.07, 6.45) is -0.675. The molecule has 0 aliphatic heterocycles. The maximum Gasteiger partial charge on any atom is 0.408 e. The van der Waals surface area contributed by atoms with Gasteiger partial charge < -0.3 is 25.6 Å². The minimum Gasteiger partial charge on any atom is -0.480 e. The second kappa shape index (κ2) is 12.5. The molecular formula is C20H28N2O7. The average molecular weight is 408 g/mol. The molecule has 0 radical (unpaired) electrons. The molecule has 2 unspecified atom stereocenters. The zero-order valence-corrected chi connectivity index (χ0v) is 16.6. The summed E-state index contributed by atoms with van der Waals surface area (Å²) >= 11 is 0. The number of rotatable bonds is 12. The lowest BCUT2D eigenvalue weighted by molar-refractivity contribution is -0.142. The average Bonchev–Trinajstić information content (AvgIpc) is 2.67. The predicted octanol–water partition coefficient (Wildman–Crippen LogP) is 1.24. The highest BCUT2D eigenvalue weighted by atomic mass is 16.5. The van der Waals surface area contributed by atoms with Gasteiger partial charge >= 0.3 is 12.1 Å². The third-order valence-corrected chi connectivity index (χ3v) is 3.97. The number of Topliss-reactive ketones (excluding diaryl/α,β-unsaturated/α-hetero) is 1. The number of ketones is 1. The summed E-state index contributed by atoms with van der Waals surface area (Å²) in [5, 5.41) is 23.1. The van der Waals surface area contributed by atoms with Crippen molar-refractivity contribution in [1.29, 1.82) is 0 Å². The van der Waals surface area contributed by atoms with Crippen LogP contribution in [-0.4, -0.2) is 52.7 Å². The first-order valence-corrected chi connectivity index (χ1v) is 9.35. The van der Waals surface area contributed by atoms with Gasteiger partial charge in [0.05, 0.1) is 6.61 Å². The van der Waals surface area contributed by atoms with Gasteiger partial charge in [0.2, 0.25) is 5.91 Å². The first-order valence-electron chi connectivity index (χ1n) is 9.35. The Morgan fingerprint density at radius 1 is 1.03 bits per heavy atom. The molecule has 0 spiro atoms. The summed E-state index contributed by atoms with van der Waals surface area (Å²) < 4.78 is 4.98. The number of aliphatic hydroxyl groups is 1. The molecule has 2 amide bonds. The summed E-state index contributed by atoms with van der Waals surface area (Å²) in [7, 11) is 0. The molecule has 9 nitrogen and oxygen atoms in total. The van der Waals surface area contributed by atoms with E-state index in [1.807, 2.05) is 19.9 Å². The summed E-state index contributed by atoms with van der Waals surface area (Å²) in [5.41, 5.74) is 0.740. The van der Waals surface area contributed by atoms with E-state index in [1.54, 1.807) is 24.3 Å². The highest BCUT2D eigenvalue weighted by Gasteiger charge is 2.27. The maximum absolute atomic E-state index is 12.2. The molecule has 0 fully saturated rings. The molecule has 0 saturated carbocycles. The van der Waals surface area contributed by atoms with Crippen LogP contribution in [-0.2, 0) is 25.7 Å². The van der Waals surface area contributed by atoms with Crippen LogP contribution in [0.5, 0.6) is 0 Å². The molecule has 9 heteroatoms. The quantitative estimate of drug-likeness (QED) is 0.407. The Morgan fingerprint density at radius 2 is 1.69 bits per heavy atom. The van der Waals surface area contributed by atoms with Crippen LogP contribution in [0.15, 0.2) is 30.3 Å². The Labute approximate surface area is 169 Å². The molecule has 1 rings (SSSR count). The van der Waals surface area contributed by atoms with Crippen LogP contribution >= 0.6 is 0 Å². The number of aliphatic hydroxyl groups excluding tert-OH is 1. The number of carboxylic acids is 1. The number of carbonyl (C=O) groups is 4. The van der Waals surface area contributed by atoms with Crippen LogP contribution in [0.1, 0.15) is 38.7 Å². The molecule has 4 N–H and O–H groups in total. The van der Waals surface area contributed by atoms with Crippen LogP contribution in [0.3, 0.4) is 0 Å². The number of amides is 2. The van der Waals surface area contributed by atoms with Crippen LogP contribution in [0, 0.1) is 5.92 Å². The van der Waals surface area contributed by atoms with Crippen LogP contribution in [0.4, 0.5) is 4.79 Å². The zero-order valence-electron chi connectivity index (χ0n) is 16.6. The van der Waals surface area contributed by atoms with Crippen LogP contribution in [0.25, 0.3) is 0 Å². The van der Waals surface area contributed by atoms with Gasteiger partial charge in [0.25, 0.3) is 0 Å². The van der Waals surface area contributed by atoms with E-state index in [1.165, 1.54) is 0 Å². The first kappa shape index (κ1) is 24.1. The number of ether oxygens (including phenoxy) is 1. The van der Waals surface area contributed by atoms with Crippen molar-refractivity contribution in [2.75, 3.05) is 6.61 Å². The lowest BCUT2D eigenvalue weighted by atomic mass is 10.0. The van der Waals surface area contributed by atoms with E-state index >= 15 is 0 Å². The van der Waals surface area contributed by atoms with Gasteiger partial charge in [0, 0.05) is 12.8 Å². The molecule has 1 aromatic carbocycles. The Kier molecular flexibility index (Phi) is 10.4. The highest BCUT2D eigenvalue weighted by molar-refractivity contribution is 5.89. The van der Waals surface area contributed by atoms with Crippen molar-refractivity contribution >= 4 is 23.8 Å². The smallest absolute Gasteiger partial charge is 0.408 e. The summed E-state index contributed by atoms with van der Waals surface area (Å²) in [5.74, 6) is -2.13. The van der Waals surface area contributed by atoms with E-state index in [0.29, 0.717) is 6.42 Å².